The Morgan fingerprint density at radius 3 is 2.40 bits per heavy atom. The number of aryl methyl sites for hydroxylation is 2. The fourth-order valence-corrected chi connectivity index (χ4v) is 5.73. The molecular weight excluding hydrogens is 396 g/mol. The minimum Gasteiger partial charge on any atom is -0.317 e. The van der Waals surface area contributed by atoms with Crippen molar-refractivity contribution >= 4 is 10.0 Å². The van der Waals surface area contributed by atoms with Crippen LogP contribution < -0.4 is 5.32 Å². The lowest BCUT2D eigenvalue weighted by Gasteiger charge is -2.34. The lowest BCUT2D eigenvalue weighted by Crippen LogP contribution is -2.46. The number of aromatic nitrogens is 2. The minimum absolute atomic E-state index is 0.0000508. The predicted molar refractivity (Wildman–Crippen MR) is 121 cm³/mol. The Balaban J connectivity index is 1.77. The third kappa shape index (κ3) is 5.50. The standard InChI is InChI=1S/C23H36N4O2S/c1-5-26-18-19(17-25-26)7-6-16-27(21-12-14-24-15-13-21)30(28,29)22-10-8-20(9-11-22)23(2,3)4/h8-11,17-18,21,24H,5-7,12-16H2,1-4H3. The molecule has 1 fully saturated rings. The maximum absolute atomic E-state index is 13.6. The van der Waals surface area contributed by atoms with Crippen LogP contribution in [0.25, 0.3) is 0 Å². The van der Waals surface area contributed by atoms with Crippen LogP contribution in [0.3, 0.4) is 0 Å². The molecule has 1 aliphatic heterocycles. The molecule has 30 heavy (non-hydrogen) atoms. The summed E-state index contributed by atoms with van der Waals surface area (Å²) in [5.74, 6) is 0. The van der Waals surface area contributed by atoms with Crippen molar-refractivity contribution in [2.75, 3.05) is 19.6 Å². The number of piperidine rings is 1. The molecule has 1 aliphatic rings. The van der Waals surface area contributed by atoms with Crippen molar-refractivity contribution in [1.82, 2.24) is 19.4 Å². The molecule has 2 aromatic rings. The van der Waals surface area contributed by atoms with E-state index >= 15 is 0 Å². The minimum atomic E-state index is -3.53. The Hall–Kier alpha value is -1.70. The molecule has 6 nitrogen and oxygen atoms in total. The molecule has 0 unspecified atom stereocenters. The van der Waals surface area contributed by atoms with Gasteiger partial charge in [0.1, 0.15) is 0 Å². The Morgan fingerprint density at radius 2 is 1.83 bits per heavy atom. The van der Waals surface area contributed by atoms with Gasteiger partial charge in [-0.15, -0.1) is 0 Å². The molecule has 1 saturated heterocycles. The Bertz CT molecular complexity index is 907. The average Bonchev–Trinajstić information content (AvgIpc) is 3.19. The van der Waals surface area contributed by atoms with Gasteiger partial charge in [-0.3, -0.25) is 4.68 Å². The number of nitrogens with zero attached hydrogens (tertiary/aromatic N) is 3. The molecule has 2 heterocycles. The highest BCUT2D eigenvalue weighted by molar-refractivity contribution is 7.89. The second kappa shape index (κ2) is 9.62. The summed E-state index contributed by atoms with van der Waals surface area (Å²) in [7, 11) is -3.53. The van der Waals surface area contributed by atoms with Gasteiger partial charge in [-0.05, 0) is 74.4 Å². The van der Waals surface area contributed by atoms with Crippen LogP contribution >= 0.6 is 0 Å². The van der Waals surface area contributed by atoms with Gasteiger partial charge in [0.15, 0.2) is 0 Å². The molecule has 3 rings (SSSR count). The molecule has 166 valence electrons. The fraction of sp³-hybridized carbons (Fsp3) is 0.609. The quantitative estimate of drug-likeness (QED) is 0.692. The van der Waals surface area contributed by atoms with E-state index in [1.807, 2.05) is 23.0 Å². The first-order valence-electron chi connectivity index (χ1n) is 11.1. The molecule has 0 bridgehead atoms. The van der Waals surface area contributed by atoms with Crippen LogP contribution in [0, 0.1) is 0 Å². The van der Waals surface area contributed by atoms with Crippen molar-refractivity contribution in [2.45, 2.75) is 76.3 Å². The third-order valence-electron chi connectivity index (χ3n) is 5.90. The zero-order valence-corrected chi connectivity index (χ0v) is 19.6. The number of rotatable bonds is 8. The number of sulfonamides is 1. The summed E-state index contributed by atoms with van der Waals surface area (Å²) >= 11 is 0. The van der Waals surface area contributed by atoms with E-state index in [9.17, 15) is 8.42 Å². The van der Waals surface area contributed by atoms with Crippen molar-refractivity contribution in [3.05, 3.63) is 47.8 Å². The Morgan fingerprint density at radius 1 is 1.17 bits per heavy atom. The summed E-state index contributed by atoms with van der Waals surface area (Å²) in [5.41, 5.74) is 2.30. The van der Waals surface area contributed by atoms with E-state index in [1.54, 1.807) is 16.4 Å². The maximum Gasteiger partial charge on any atom is 0.243 e. The Kier molecular flexibility index (Phi) is 7.37. The summed E-state index contributed by atoms with van der Waals surface area (Å²) in [6.07, 6.45) is 7.27. The van der Waals surface area contributed by atoms with Crippen molar-refractivity contribution in [1.29, 1.82) is 0 Å². The van der Waals surface area contributed by atoms with Crippen molar-refractivity contribution in [3.63, 3.8) is 0 Å². The van der Waals surface area contributed by atoms with Gasteiger partial charge in [0, 0.05) is 25.3 Å². The van der Waals surface area contributed by atoms with Gasteiger partial charge in [0.2, 0.25) is 10.0 Å². The molecule has 0 spiro atoms. The third-order valence-corrected chi connectivity index (χ3v) is 7.86. The number of nitrogens with one attached hydrogen (secondary N) is 1. The number of hydrogen-bond acceptors (Lipinski definition) is 4. The largest absolute Gasteiger partial charge is 0.317 e. The van der Waals surface area contributed by atoms with Gasteiger partial charge in [-0.25, -0.2) is 8.42 Å². The van der Waals surface area contributed by atoms with Gasteiger partial charge >= 0.3 is 0 Å². The van der Waals surface area contributed by atoms with E-state index in [0.29, 0.717) is 11.4 Å². The lowest BCUT2D eigenvalue weighted by molar-refractivity contribution is 0.260. The summed E-state index contributed by atoms with van der Waals surface area (Å²) in [5, 5.41) is 7.67. The molecule has 1 aromatic carbocycles. The molecule has 0 radical (unpaired) electrons. The molecule has 0 saturated carbocycles. The van der Waals surface area contributed by atoms with Gasteiger partial charge in [-0.1, -0.05) is 32.9 Å². The molecule has 0 amide bonds. The van der Waals surface area contributed by atoms with Crippen molar-refractivity contribution < 1.29 is 8.42 Å². The first-order valence-corrected chi connectivity index (χ1v) is 12.5. The SMILES string of the molecule is CCn1cc(CCCN(C2CCNCC2)S(=O)(=O)c2ccc(C(C)(C)C)cc2)cn1. The van der Waals surface area contributed by atoms with Gasteiger partial charge in [-0.2, -0.15) is 9.40 Å². The number of hydrogen-bond donors (Lipinski definition) is 1. The monoisotopic (exact) mass is 432 g/mol. The van der Waals surface area contributed by atoms with Crippen LogP contribution in [0.1, 0.15) is 58.1 Å². The molecule has 0 aliphatic carbocycles. The molecule has 7 heteroatoms. The Labute approximate surface area is 181 Å². The van der Waals surface area contributed by atoms with Crippen LogP contribution in [0.2, 0.25) is 0 Å². The highest BCUT2D eigenvalue weighted by Crippen LogP contribution is 2.27. The summed E-state index contributed by atoms with van der Waals surface area (Å²) in [6, 6.07) is 7.50. The van der Waals surface area contributed by atoms with Crippen LogP contribution in [-0.4, -0.2) is 48.2 Å². The lowest BCUT2D eigenvalue weighted by atomic mass is 9.87. The van der Waals surface area contributed by atoms with E-state index in [-0.39, 0.29) is 11.5 Å². The molecule has 1 N–H and O–H groups in total. The smallest absolute Gasteiger partial charge is 0.243 e. The summed E-state index contributed by atoms with van der Waals surface area (Å²) in [4.78, 5) is 0.396. The zero-order valence-electron chi connectivity index (χ0n) is 18.8. The molecular formula is C23H36N4O2S. The molecule has 0 atom stereocenters. The van der Waals surface area contributed by atoms with E-state index in [2.05, 4.69) is 44.3 Å². The topological polar surface area (TPSA) is 67.2 Å². The van der Waals surface area contributed by atoms with Gasteiger partial charge in [0.25, 0.3) is 0 Å². The number of benzene rings is 1. The normalized spacial score (nSPS) is 16.3. The van der Waals surface area contributed by atoms with E-state index in [0.717, 1.165) is 56.4 Å². The highest BCUT2D eigenvalue weighted by atomic mass is 32.2. The van der Waals surface area contributed by atoms with Crippen molar-refractivity contribution in [3.8, 4) is 0 Å². The summed E-state index contributed by atoms with van der Waals surface area (Å²) < 4.78 is 30.8. The van der Waals surface area contributed by atoms with Gasteiger partial charge < -0.3 is 5.32 Å². The van der Waals surface area contributed by atoms with Crippen molar-refractivity contribution in [2.24, 2.45) is 0 Å². The van der Waals surface area contributed by atoms with E-state index in [1.165, 1.54) is 0 Å². The first-order chi connectivity index (χ1) is 14.2. The second-order valence-electron chi connectivity index (χ2n) is 9.18. The second-order valence-corrected chi connectivity index (χ2v) is 11.1. The predicted octanol–water partition coefficient (Wildman–Crippen LogP) is 3.58. The zero-order chi connectivity index (χ0) is 21.8. The van der Waals surface area contributed by atoms with Crippen LogP contribution in [0.15, 0.2) is 41.6 Å². The van der Waals surface area contributed by atoms with E-state index in [4.69, 9.17) is 0 Å². The average molecular weight is 433 g/mol. The summed E-state index contributed by atoms with van der Waals surface area (Å²) in [6.45, 7) is 11.6. The maximum atomic E-state index is 13.6. The highest BCUT2D eigenvalue weighted by Gasteiger charge is 2.32. The van der Waals surface area contributed by atoms with Crippen LogP contribution in [-0.2, 0) is 28.4 Å². The van der Waals surface area contributed by atoms with Crippen LogP contribution in [0.5, 0.6) is 0 Å². The van der Waals surface area contributed by atoms with E-state index < -0.39 is 10.0 Å². The fourth-order valence-electron chi connectivity index (χ4n) is 4.00. The van der Waals surface area contributed by atoms with Crippen LogP contribution in [0.4, 0.5) is 0 Å². The first kappa shape index (κ1) is 23.0. The molecule has 1 aromatic heterocycles. The van der Waals surface area contributed by atoms with Gasteiger partial charge in [0.05, 0.1) is 11.1 Å².